The smallest absolute Gasteiger partial charge is 0.338 e. The fraction of sp³-hybridized carbons (Fsp3) is 0.404. The van der Waals surface area contributed by atoms with E-state index in [0.29, 0.717) is 5.75 Å². The van der Waals surface area contributed by atoms with E-state index < -0.39 is 73.4 Å². The number of carbonyl (C=O) groups excluding carboxylic acids is 2. The van der Waals surface area contributed by atoms with Gasteiger partial charge in [-0.05, 0) is 41.0 Å². The van der Waals surface area contributed by atoms with Gasteiger partial charge >= 0.3 is 11.9 Å². The Hall–Kier alpha value is -5.08. The van der Waals surface area contributed by atoms with Gasteiger partial charge in [0.15, 0.2) is 37.0 Å². The van der Waals surface area contributed by atoms with Crippen molar-refractivity contribution in [1.82, 2.24) is 0 Å². The van der Waals surface area contributed by atoms with E-state index in [1.54, 1.807) is 24.3 Å². The van der Waals surface area contributed by atoms with E-state index in [-0.39, 0.29) is 38.6 Å². The van der Waals surface area contributed by atoms with Gasteiger partial charge in [-0.1, -0.05) is 97.1 Å². The summed E-state index contributed by atoms with van der Waals surface area (Å²) in [6, 6.07) is 35.1. The number of hydrogen-bond acceptors (Lipinski definition) is 16. The molecule has 0 saturated carbocycles. The first-order valence-electron chi connectivity index (χ1n) is 20.3. The van der Waals surface area contributed by atoms with Crippen molar-refractivity contribution in [2.24, 2.45) is 0 Å². The average Bonchev–Trinajstić information content (AvgIpc) is 3.32. The highest BCUT2D eigenvalue weighted by atomic mass is 17.2. The molecule has 0 bridgehead atoms. The number of rotatable bonds is 23. The topological polar surface area (TPSA) is 163 Å². The maximum Gasteiger partial charge on any atom is 0.338 e. The predicted octanol–water partition coefficient (Wildman–Crippen LogP) is 5.71. The quantitative estimate of drug-likeness (QED) is 0.0385. The molecule has 10 atom stereocenters. The zero-order valence-corrected chi connectivity index (χ0v) is 35.6. The Balaban J connectivity index is 1.44. The summed E-state index contributed by atoms with van der Waals surface area (Å²) >= 11 is 0. The molecule has 6 rings (SSSR count). The third kappa shape index (κ3) is 13.0. The maximum absolute atomic E-state index is 14.2. The summed E-state index contributed by atoms with van der Waals surface area (Å²) in [4.78, 5) is 48.9. The highest BCUT2D eigenvalue weighted by Gasteiger charge is 2.57. The van der Waals surface area contributed by atoms with Crippen LogP contribution in [0.1, 0.15) is 27.0 Å². The first-order valence-corrected chi connectivity index (χ1v) is 20.3. The summed E-state index contributed by atoms with van der Waals surface area (Å²) in [5.74, 6) is -1.02. The predicted molar refractivity (Wildman–Crippen MR) is 222 cm³/mol. The van der Waals surface area contributed by atoms with Crippen molar-refractivity contribution in [3.63, 3.8) is 0 Å². The molecule has 4 aromatic carbocycles. The average molecular weight is 875 g/mol. The van der Waals surface area contributed by atoms with Crippen molar-refractivity contribution in [3.8, 4) is 5.75 Å². The Morgan fingerprint density at radius 2 is 1.17 bits per heavy atom. The Bertz CT molecular complexity index is 1950. The van der Waals surface area contributed by atoms with Gasteiger partial charge < -0.3 is 47.4 Å². The van der Waals surface area contributed by atoms with Gasteiger partial charge in [-0.15, -0.1) is 6.58 Å². The van der Waals surface area contributed by atoms with Gasteiger partial charge in [0, 0.05) is 0 Å². The molecule has 338 valence electrons. The number of esters is 2. The Labute approximate surface area is 366 Å². The van der Waals surface area contributed by atoms with E-state index >= 15 is 0 Å². The zero-order chi connectivity index (χ0) is 44.4. The third-order valence-corrected chi connectivity index (χ3v) is 10.1. The molecule has 0 unspecified atom stereocenters. The molecule has 0 aromatic heterocycles. The molecule has 4 aromatic rings. The molecule has 2 aliphatic heterocycles. The largest absolute Gasteiger partial charge is 0.497 e. The summed E-state index contributed by atoms with van der Waals surface area (Å²) in [5, 5.41) is 0. The Kier molecular flexibility index (Phi) is 18.6. The first kappa shape index (κ1) is 47.4. The first-order chi connectivity index (χ1) is 30.9. The summed E-state index contributed by atoms with van der Waals surface area (Å²) in [6.45, 7) is 4.15. The van der Waals surface area contributed by atoms with Gasteiger partial charge in [0.25, 0.3) is 0 Å². The standard InChI is InChI=1S/C47H54O16/c1-6-26-55-46-43(40(63-53-5)39(62-52-4)41(60-46)45(49)51-3)61-47-42(59-44(48)34-22-24-35(50-2)25-23-34)38(57-29-33-20-14-9-15-21-33)37(56-28-32-18-12-8-13-19-32)36(58-47)30-54-27-31-16-10-7-11-17-31/h6-25,36-43,46-47H,1,26-30H2,2-5H3/t36-,37+,38+,39+,40+,41+,42-,43-,46-,47+/m1/s1. The lowest BCUT2D eigenvalue weighted by Crippen LogP contribution is -2.67. The van der Waals surface area contributed by atoms with Crippen LogP contribution in [0, 0.1) is 0 Å². The molecule has 0 spiro atoms. The molecular formula is C47H54O16. The van der Waals surface area contributed by atoms with Gasteiger partial charge in [0.1, 0.15) is 30.2 Å². The van der Waals surface area contributed by atoms with E-state index in [0.717, 1.165) is 16.7 Å². The van der Waals surface area contributed by atoms with Crippen molar-refractivity contribution < 1.29 is 76.5 Å². The second-order valence-electron chi connectivity index (χ2n) is 14.3. The second kappa shape index (κ2) is 24.7. The maximum atomic E-state index is 14.2. The molecule has 0 N–H and O–H groups in total. The van der Waals surface area contributed by atoms with Crippen LogP contribution in [0.15, 0.2) is 128 Å². The van der Waals surface area contributed by atoms with Crippen LogP contribution in [-0.4, -0.2) is 115 Å². The van der Waals surface area contributed by atoms with Crippen LogP contribution in [-0.2, 0) is 86.8 Å². The van der Waals surface area contributed by atoms with Crippen LogP contribution >= 0.6 is 0 Å². The van der Waals surface area contributed by atoms with Crippen LogP contribution in [0.2, 0.25) is 0 Å². The minimum Gasteiger partial charge on any atom is -0.497 e. The summed E-state index contributed by atoms with van der Waals surface area (Å²) in [7, 11) is 5.23. The fourth-order valence-electron chi connectivity index (χ4n) is 7.11. The van der Waals surface area contributed by atoms with E-state index in [9.17, 15) is 9.59 Å². The van der Waals surface area contributed by atoms with Crippen LogP contribution in [0.5, 0.6) is 5.75 Å². The van der Waals surface area contributed by atoms with Gasteiger partial charge in [0.2, 0.25) is 0 Å². The number of ether oxygens (including phenoxy) is 10. The van der Waals surface area contributed by atoms with Crippen molar-refractivity contribution in [2.75, 3.05) is 41.7 Å². The molecule has 16 heteroatoms. The van der Waals surface area contributed by atoms with Crippen molar-refractivity contribution in [2.45, 2.75) is 81.2 Å². The van der Waals surface area contributed by atoms with Crippen molar-refractivity contribution in [3.05, 3.63) is 150 Å². The van der Waals surface area contributed by atoms with Crippen LogP contribution in [0.4, 0.5) is 0 Å². The highest BCUT2D eigenvalue weighted by Crippen LogP contribution is 2.36. The van der Waals surface area contributed by atoms with Gasteiger partial charge in [0.05, 0.1) is 67.0 Å². The fourth-order valence-corrected chi connectivity index (χ4v) is 7.11. The minimum absolute atomic E-state index is 0.0199. The Morgan fingerprint density at radius 3 is 1.73 bits per heavy atom. The number of benzene rings is 4. The Morgan fingerprint density at radius 1 is 0.603 bits per heavy atom. The number of methoxy groups -OCH3 is 2. The van der Waals surface area contributed by atoms with Crippen LogP contribution < -0.4 is 4.74 Å². The van der Waals surface area contributed by atoms with E-state index in [4.69, 9.17) is 66.9 Å². The lowest BCUT2D eigenvalue weighted by atomic mass is 9.96. The molecule has 0 aliphatic carbocycles. The highest BCUT2D eigenvalue weighted by molar-refractivity contribution is 5.89. The molecule has 63 heavy (non-hydrogen) atoms. The van der Waals surface area contributed by atoms with Gasteiger partial charge in [-0.3, -0.25) is 0 Å². The van der Waals surface area contributed by atoms with E-state index in [2.05, 4.69) is 6.58 Å². The molecule has 0 amide bonds. The van der Waals surface area contributed by atoms with E-state index in [1.807, 2.05) is 91.0 Å². The molecule has 2 heterocycles. The summed E-state index contributed by atoms with van der Waals surface area (Å²) < 4.78 is 62.4. The molecule has 2 aliphatic rings. The number of carbonyl (C=O) groups is 2. The summed E-state index contributed by atoms with van der Waals surface area (Å²) in [6.07, 6.45) is -11.1. The normalized spacial score (nSPS) is 25.8. The second-order valence-corrected chi connectivity index (χ2v) is 14.3. The summed E-state index contributed by atoms with van der Waals surface area (Å²) in [5.41, 5.74) is 2.84. The van der Waals surface area contributed by atoms with Gasteiger partial charge in [-0.2, -0.15) is 0 Å². The SMILES string of the molecule is C=CCO[C@@H]1O[C@H](C(=O)OC)[C@@H](OOC)[C@H](OOC)[C@H]1O[C@@H]1O[C@H](COCc2ccccc2)[C@H](OCc2ccccc2)[C@H](OCc2ccccc2)[C@H]1OC(=O)c1ccc(OC)cc1. The van der Waals surface area contributed by atoms with Crippen molar-refractivity contribution >= 4 is 11.9 Å². The van der Waals surface area contributed by atoms with Gasteiger partial charge in [-0.25, -0.2) is 29.1 Å². The minimum atomic E-state index is -1.49. The monoisotopic (exact) mass is 874 g/mol. The van der Waals surface area contributed by atoms with Crippen LogP contribution in [0.3, 0.4) is 0 Å². The molecular weight excluding hydrogens is 821 g/mol. The molecule has 0 radical (unpaired) electrons. The lowest BCUT2D eigenvalue weighted by molar-refractivity contribution is -0.444. The van der Waals surface area contributed by atoms with Crippen LogP contribution in [0.25, 0.3) is 0 Å². The molecule has 2 saturated heterocycles. The zero-order valence-electron chi connectivity index (χ0n) is 35.6. The molecule has 2 fully saturated rings. The number of hydrogen-bond donors (Lipinski definition) is 0. The lowest BCUT2D eigenvalue weighted by Gasteiger charge is -2.48. The van der Waals surface area contributed by atoms with E-state index in [1.165, 1.54) is 34.5 Å². The third-order valence-electron chi connectivity index (χ3n) is 10.1. The molecule has 16 nitrogen and oxygen atoms in total. The van der Waals surface area contributed by atoms with Crippen molar-refractivity contribution in [1.29, 1.82) is 0 Å².